The van der Waals surface area contributed by atoms with E-state index in [1.165, 1.54) is 25.5 Å². The van der Waals surface area contributed by atoms with Gasteiger partial charge in [0.25, 0.3) is 5.91 Å². The van der Waals surface area contributed by atoms with Gasteiger partial charge < -0.3 is 14.5 Å². The molecule has 0 saturated carbocycles. The molecule has 1 N–H and O–H groups in total. The van der Waals surface area contributed by atoms with Crippen LogP contribution in [-0.4, -0.2) is 27.6 Å². The Morgan fingerprint density at radius 1 is 1.26 bits per heavy atom. The number of carbonyl (C=O) groups is 1. The van der Waals surface area contributed by atoms with Crippen LogP contribution in [0.1, 0.15) is 21.7 Å². The van der Waals surface area contributed by atoms with Crippen LogP contribution in [0.5, 0.6) is 5.75 Å². The second kappa shape index (κ2) is 7.95. The van der Waals surface area contributed by atoms with E-state index in [1.54, 1.807) is 24.3 Å². The molecule has 3 aromatic heterocycles. The van der Waals surface area contributed by atoms with Gasteiger partial charge in [0.15, 0.2) is 22.8 Å². The molecule has 0 aliphatic heterocycles. The van der Waals surface area contributed by atoms with Gasteiger partial charge in [-0.05, 0) is 35.9 Å². The lowest BCUT2D eigenvalue weighted by Crippen LogP contribution is -2.23. The molecule has 4 rings (SSSR count). The first-order valence-corrected chi connectivity index (χ1v) is 9.27. The van der Waals surface area contributed by atoms with Gasteiger partial charge in [-0.2, -0.15) is 18.3 Å². The van der Waals surface area contributed by atoms with E-state index in [9.17, 15) is 18.0 Å². The van der Waals surface area contributed by atoms with E-state index >= 15 is 0 Å². The minimum atomic E-state index is -4.77. The fourth-order valence-corrected chi connectivity index (χ4v) is 3.14. The predicted octanol–water partition coefficient (Wildman–Crippen LogP) is 4.60. The molecular weight excluding hydrogens is 437 g/mol. The van der Waals surface area contributed by atoms with Crippen molar-refractivity contribution in [1.29, 1.82) is 0 Å². The molecule has 0 fully saturated rings. The Morgan fingerprint density at radius 3 is 2.61 bits per heavy atom. The van der Waals surface area contributed by atoms with Crippen molar-refractivity contribution >= 4 is 23.2 Å². The maximum Gasteiger partial charge on any atom is 0.433 e. The van der Waals surface area contributed by atoms with E-state index < -0.39 is 17.8 Å². The summed E-state index contributed by atoms with van der Waals surface area (Å²) in [5.74, 6) is 0.0337. The number of nitrogens with zero attached hydrogens (tertiary/aromatic N) is 3. The van der Waals surface area contributed by atoms with E-state index in [0.717, 1.165) is 11.6 Å². The number of fused-ring (bicyclic) bond motifs is 1. The third kappa shape index (κ3) is 4.06. The fourth-order valence-electron chi connectivity index (χ4n) is 2.90. The molecule has 0 bridgehead atoms. The van der Waals surface area contributed by atoms with Gasteiger partial charge in [0.05, 0.1) is 13.4 Å². The highest BCUT2D eigenvalue weighted by molar-refractivity contribution is 6.36. The average molecular weight is 451 g/mol. The molecule has 160 valence electrons. The van der Waals surface area contributed by atoms with Crippen LogP contribution in [0.3, 0.4) is 0 Å². The van der Waals surface area contributed by atoms with Gasteiger partial charge >= 0.3 is 6.18 Å². The number of alkyl halides is 3. The molecule has 11 heteroatoms. The maximum atomic E-state index is 13.6. The van der Waals surface area contributed by atoms with Crippen LogP contribution in [0.25, 0.3) is 17.1 Å². The molecule has 3 heterocycles. The van der Waals surface area contributed by atoms with Crippen molar-refractivity contribution < 1.29 is 27.1 Å². The zero-order valence-corrected chi connectivity index (χ0v) is 16.7. The van der Waals surface area contributed by atoms with Crippen LogP contribution in [0.2, 0.25) is 5.02 Å². The Kier molecular flexibility index (Phi) is 5.32. The van der Waals surface area contributed by atoms with Crippen LogP contribution >= 0.6 is 11.6 Å². The molecule has 0 radical (unpaired) electrons. The van der Waals surface area contributed by atoms with Gasteiger partial charge in [-0.3, -0.25) is 4.79 Å². The van der Waals surface area contributed by atoms with E-state index in [-0.39, 0.29) is 34.4 Å². The van der Waals surface area contributed by atoms with Crippen molar-refractivity contribution in [3.63, 3.8) is 0 Å². The number of carbonyl (C=O) groups excluding carboxylic acids is 1. The topological polar surface area (TPSA) is 81.7 Å². The molecule has 1 amide bonds. The summed E-state index contributed by atoms with van der Waals surface area (Å²) in [5, 5.41) is 6.07. The van der Waals surface area contributed by atoms with Gasteiger partial charge in [0, 0.05) is 6.54 Å². The fraction of sp³-hybridized carbons (Fsp3) is 0.150. The van der Waals surface area contributed by atoms with Crippen LogP contribution < -0.4 is 10.1 Å². The summed E-state index contributed by atoms with van der Waals surface area (Å²) in [4.78, 5) is 16.7. The van der Waals surface area contributed by atoms with Crippen LogP contribution in [0, 0.1) is 0 Å². The SMILES string of the molecule is COc1ccc(CNC(=O)c2nn3c(C(F)(F)F)cc(-c4ccco4)nc3c2Cl)cc1. The number of amides is 1. The van der Waals surface area contributed by atoms with E-state index in [4.69, 9.17) is 20.8 Å². The number of methoxy groups -OCH3 is 1. The first-order valence-electron chi connectivity index (χ1n) is 8.89. The summed E-state index contributed by atoms with van der Waals surface area (Å²) in [6.07, 6.45) is -3.46. The maximum absolute atomic E-state index is 13.6. The zero-order chi connectivity index (χ0) is 22.2. The van der Waals surface area contributed by atoms with Crippen molar-refractivity contribution in [2.45, 2.75) is 12.7 Å². The summed E-state index contributed by atoms with van der Waals surface area (Å²) in [5.41, 5.74) is -1.15. The number of ether oxygens (including phenoxy) is 1. The summed E-state index contributed by atoms with van der Waals surface area (Å²) in [6, 6.07) is 10.7. The second-order valence-corrected chi connectivity index (χ2v) is 6.81. The molecule has 0 aliphatic rings. The zero-order valence-electron chi connectivity index (χ0n) is 15.9. The van der Waals surface area contributed by atoms with Gasteiger partial charge in [-0.25, -0.2) is 9.50 Å². The van der Waals surface area contributed by atoms with Gasteiger partial charge in [-0.15, -0.1) is 0 Å². The Labute approximate surface area is 178 Å². The van der Waals surface area contributed by atoms with Crippen molar-refractivity contribution in [3.8, 4) is 17.2 Å². The highest BCUT2D eigenvalue weighted by atomic mass is 35.5. The van der Waals surface area contributed by atoms with Crippen LogP contribution in [0.15, 0.2) is 53.1 Å². The minimum absolute atomic E-state index is 0.0863. The molecule has 7 nitrogen and oxygen atoms in total. The molecule has 0 unspecified atom stereocenters. The van der Waals surface area contributed by atoms with Crippen molar-refractivity contribution in [3.05, 3.63) is 70.7 Å². The summed E-state index contributed by atoms with van der Waals surface area (Å²) in [7, 11) is 1.53. The molecule has 4 aromatic rings. The van der Waals surface area contributed by atoms with Crippen LogP contribution in [-0.2, 0) is 12.7 Å². The molecule has 0 aliphatic carbocycles. The Hall–Kier alpha value is -3.53. The lowest BCUT2D eigenvalue weighted by atomic mass is 10.2. The number of furan rings is 1. The molecule has 0 atom stereocenters. The van der Waals surface area contributed by atoms with Gasteiger partial charge in [0.2, 0.25) is 0 Å². The summed E-state index contributed by atoms with van der Waals surface area (Å²) < 4.78 is 51.6. The number of rotatable bonds is 5. The van der Waals surface area contributed by atoms with Crippen LogP contribution in [0.4, 0.5) is 13.2 Å². The number of benzene rings is 1. The standard InChI is InChI=1S/C20H14ClF3N4O3/c1-30-12-6-4-11(5-7-12)10-25-19(29)17-16(21)18-26-13(14-3-2-8-31-14)9-15(20(22,23)24)28(18)27-17/h2-9H,10H2,1H3,(H,25,29). The predicted molar refractivity (Wildman–Crippen MR) is 105 cm³/mol. The highest BCUT2D eigenvalue weighted by Crippen LogP contribution is 2.34. The first-order chi connectivity index (χ1) is 14.8. The minimum Gasteiger partial charge on any atom is -0.497 e. The molecule has 1 aromatic carbocycles. The number of nitrogens with one attached hydrogen (secondary N) is 1. The van der Waals surface area contributed by atoms with E-state index in [1.807, 2.05) is 0 Å². The smallest absolute Gasteiger partial charge is 0.433 e. The van der Waals surface area contributed by atoms with Crippen molar-refractivity contribution in [1.82, 2.24) is 19.9 Å². The third-order valence-electron chi connectivity index (χ3n) is 4.42. The van der Waals surface area contributed by atoms with Gasteiger partial charge in [-0.1, -0.05) is 23.7 Å². The van der Waals surface area contributed by atoms with Gasteiger partial charge in [0.1, 0.15) is 16.5 Å². The summed E-state index contributed by atoms with van der Waals surface area (Å²) in [6.45, 7) is 0.115. The number of halogens is 4. The highest BCUT2D eigenvalue weighted by Gasteiger charge is 2.37. The molecule has 31 heavy (non-hydrogen) atoms. The van der Waals surface area contributed by atoms with E-state index in [2.05, 4.69) is 15.4 Å². The summed E-state index contributed by atoms with van der Waals surface area (Å²) >= 11 is 6.21. The lowest BCUT2D eigenvalue weighted by Gasteiger charge is -2.09. The number of aromatic nitrogens is 3. The average Bonchev–Trinajstić information content (AvgIpc) is 3.40. The monoisotopic (exact) mass is 450 g/mol. The molecule has 0 saturated heterocycles. The number of hydrogen-bond donors (Lipinski definition) is 1. The van der Waals surface area contributed by atoms with Crippen molar-refractivity contribution in [2.75, 3.05) is 7.11 Å². The molecule has 0 spiro atoms. The lowest BCUT2D eigenvalue weighted by molar-refractivity contribution is -0.142. The number of hydrogen-bond acceptors (Lipinski definition) is 5. The second-order valence-electron chi connectivity index (χ2n) is 6.43. The Balaban J connectivity index is 1.69. The normalized spacial score (nSPS) is 11.6. The first kappa shape index (κ1) is 20.7. The van der Waals surface area contributed by atoms with Crippen molar-refractivity contribution in [2.24, 2.45) is 0 Å². The quantitative estimate of drug-likeness (QED) is 0.480. The third-order valence-corrected chi connectivity index (χ3v) is 4.77. The Bertz CT molecular complexity index is 1240. The Morgan fingerprint density at radius 2 is 2.00 bits per heavy atom. The largest absolute Gasteiger partial charge is 0.497 e. The van der Waals surface area contributed by atoms with E-state index in [0.29, 0.717) is 10.3 Å². The molecular formula is C20H14ClF3N4O3.